The van der Waals surface area contributed by atoms with Crippen LogP contribution >= 0.6 is 11.8 Å². The molecule has 18 heavy (non-hydrogen) atoms. The van der Waals surface area contributed by atoms with Gasteiger partial charge in [0.2, 0.25) is 0 Å². The van der Waals surface area contributed by atoms with Crippen LogP contribution in [0.25, 0.3) is 0 Å². The van der Waals surface area contributed by atoms with Crippen molar-refractivity contribution >= 4 is 17.7 Å². The van der Waals surface area contributed by atoms with E-state index in [-0.39, 0.29) is 12.0 Å². The summed E-state index contributed by atoms with van der Waals surface area (Å²) in [6, 6.07) is 8.25. The Balaban J connectivity index is 1.87. The van der Waals surface area contributed by atoms with Crippen molar-refractivity contribution in [2.75, 3.05) is 18.9 Å². The molecule has 4 heteroatoms. The molecule has 1 aliphatic rings. The summed E-state index contributed by atoms with van der Waals surface area (Å²) >= 11 is 1.89. The standard InChI is InChI=1S/C14H19NO2S/c1-3-17-14(16)10(2)15-8-11-9-18-13-7-5-4-6-12(11)13/h4-7,10-11,15H,3,8-9H2,1-2H3. The molecule has 0 bridgehead atoms. The zero-order valence-corrected chi connectivity index (χ0v) is 11.6. The predicted octanol–water partition coefficient (Wildman–Crippen LogP) is 2.42. The highest BCUT2D eigenvalue weighted by Gasteiger charge is 2.24. The number of carbonyl (C=O) groups excluding carboxylic acids is 1. The number of fused-ring (bicyclic) bond motifs is 1. The summed E-state index contributed by atoms with van der Waals surface area (Å²) in [5.74, 6) is 1.40. The molecule has 3 nitrogen and oxygen atoms in total. The molecule has 1 aromatic rings. The minimum absolute atomic E-state index is 0.170. The quantitative estimate of drug-likeness (QED) is 0.830. The van der Waals surface area contributed by atoms with E-state index in [1.807, 2.05) is 25.6 Å². The summed E-state index contributed by atoms with van der Waals surface area (Å²) in [5.41, 5.74) is 1.39. The van der Waals surface area contributed by atoms with Gasteiger partial charge in [0.05, 0.1) is 6.61 Å². The van der Waals surface area contributed by atoms with Crippen molar-refractivity contribution in [1.82, 2.24) is 5.32 Å². The van der Waals surface area contributed by atoms with Crippen LogP contribution < -0.4 is 5.32 Å². The van der Waals surface area contributed by atoms with E-state index in [9.17, 15) is 4.79 Å². The number of nitrogens with one attached hydrogen (secondary N) is 1. The monoisotopic (exact) mass is 265 g/mol. The van der Waals surface area contributed by atoms with Gasteiger partial charge >= 0.3 is 5.97 Å². The van der Waals surface area contributed by atoms with Gasteiger partial charge in [-0.05, 0) is 25.5 Å². The lowest BCUT2D eigenvalue weighted by molar-refractivity contribution is -0.145. The van der Waals surface area contributed by atoms with Crippen LogP contribution in [0.2, 0.25) is 0 Å². The summed E-state index contributed by atoms with van der Waals surface area (Å²) in [6.45, 7) is 4.94. The first-order valence-corrected chi connectivity index (χ1v) is 7.32. The van der Waals surface area contributed by atoms with E-state index >= 15 is 0 Å². The zero-order valence-electron chi connectivity index (χ0n) is 10.8. The molecule has 98 valence electrons. The molecule has 2 unspecified atom stereocenters. The fraction of sp³-hybridized carbons (Fsp3) is 0.500. The van der Waals surface area contributed by atoms with Gasteiger partial charge in [0.15, 0.2) is 0 Å². The molecule has 0 saturated heterocycles. The van der Waals surface area contributed by atoms with E-state index in [1.165, 1.54) is 10.5 Å². The van der Waals surface area contributed by atoms with Crippen molar-refractivity contribution in [2.24, 2.45) is 0 Å². The summed E-state index contributed by atoms with van der Waals surface area (Å²) in [5, 5.41) is 3.26. The van der Waals surface area contributed by atoms with Gasteiger partial charge in [-0.15, -0.1) is 11.8 Å². The Bertz CT molecular complexity index is 422. The SMILES string of the molecule is CCOC(=O)C(C)NCC1CSc2ccccc21. The Morgan fingerprint density at radius 3 is 3.11 bits per heavy atom. The topological polar surface area (TPSA) is 38.3 Å². The molecule has 1 N–H and O–H groups in total. The number of hydrogen-bond donors (Lipinski definition) is 1. The number of hydrogen-bond acceptors (Lipinski definition) is 4. The number of carbonyl (C=O) groups is 1. The van der Waals surface area contributed by atoms with Gasteiger partial charge in [0.25, 0.3) is 0 Å². The van der Waals surface area contributed by atoms with Crippen LogP contribution in [0, 0.1) is 0 Å². The highest BCUT2D eigenvalue weighted by molar-refractivity contribution is 7.99. The number of ether oxygens (including phenoxy) is 1. The van der Waals surface area contributed by atoms with Crippen LogP contribution in [-0.4, -0.2) is 30.9 Å². The second-order valence-electron chi connectivity index (χ2n) is 4.43. The molecule has 1 aromatic carbocycles. The summed E-state index contributed by atoms with van der Waals surface area (Å²) < 4.78 is 4.98. The maximum atomic E-state index is 11.5. The molecule has 0 radical (unpaired) electrons. The van der Waals surface area contributed by atoms with E-state index in [0.29, 0.717) is 12.5 Å². The molecule has 0 aliphatic carbocycles. The molecule has 0 saturated carbocycles. The largest absolute Gasteiger partial charge is 0.465 e. The molecule has 1 heterocycles. The van der Waals surface area contributed by atoms with Gasteiger partial charge in [0.1, 0.15) is 6.04 Å². The van der Waals surface area contributed by atoms with Crippen LogP contribution in [0.4, 0.5) is 0 Å². The van der Waals surface area contributed by atoms with Gasteiger partial charge in [0, 0.05) is 23.1 Å². The van der Waals surface area contributed by atoms with Gasteiger partial charge in [-0.3, -0.25) is 4.79 Å². The fourth-order valence-electron chi connectivity index (χ4n) is 2.07. The van der Waals surface area contributed by atoms with E-state index in [0.717, 1.165) is 12.3 Å². The molecule has 0 spiro atoms. The highest BCUT2D eigenvalue weighted by atomic mass is 32.2. The molecule has 2 rings (SSSR count). The highest BCUT2D eigenvalue weighted by Crippen LogP contribution is 2.38. The third-order valence-electron chi connectivity index (χ3n) is 3.11. The second kappa shape index (κ2) is 6.25. The maximum absolute atomic E-state index is 11.5. The van der Waals surface area contributed by atoms with Crippen LogP contribution in [0.1, 0.15) is 25.3 Å². The van der Waals surface area contributed by atoms with Crippen LogP contribution in [0.3, 0.4) is 0 Å². The molecule has 2 atom stereocenters. The summed E-state index contributed by atoms with van der Waals surface area (Å²) in [4.78, 5) is 12.9. The van der Waals surface area contributed by atoms with Gasteiger partial charge in [-0.1, -0.05) is 18.2 Å². The number of rotatable bonds is 5. The van der Waals surface area contributed by atoms with Gasteiger partial charge in [-0.25, -0.2) is 0 Å². The van der Waals surface area contributed by atoms with E-state index < -0.39 is 0 Å². The maximum Gasteiger partial charge on any atom is 0.322 e. The van der Waals surface area contributed by atoms with E-state index in [1.54, 1.807) is 0 Å². The lowest BCUT2D eigenvalue weighted by atomic mass is 10.0. The summed E-state index contributed by atoms with van der Waals surface area (Å²) in [6.07, 6.45) is 0. The Kier molecular flexibility index (Phi) is 4.66. The Hall–Kier alpha value is -1.00. The molecule has 0 aromatic heterocycles. The average Bonchev–Trinajstić information content (AvgIpc) is 2.79. The molecule has 0 amide bonds. The average molecular weight is 265 g/mol. The lowest BCUT2D eigenvalue weighted by Gasteiger charge is -2.16. The Labute approximate surface area is 112 Å². The van der Waals surface area contributed by atoms with Crippen molar-refractivity contribution in [3.63, 3.8) is 0 Å². The first-order valence-electron chi connectivity index (χ1n) is 6.34. The number of esters is 1. The minimum atomic E-state index is -0.234. The third-order valence-corrected chi connectivity index (χ3v) is 4.36. The lowest BCUT2D eigenvalue weighted by Crippen LogP contribution is -2.37. The zero-order chi connectivity index (χ0) is 13.0. The normalized spacial score (nSPS) is 19.3. The van der Waals surface area contributed by atoms with Crippen molar-refractivity contribution in [3.8, 4) is 0 Å². The Morgan fingerprint density at radius 2 is 2.33 bits per heavy atom. The van der Waals surface area contributed by atoms with Crippen LogP contribution in [-0.2, 0) is 9.53 Å². The fourth-order valence-corrected chi connectivity index (χ4v) is 3.32. The Morgan fingerprint density at radius 1 is 1.56 bits per heavy atom. The number of thioether (sulfide) groups is 1. The molecule has 0 fully saturated rings. The van der Waals surface area contributed by atoms with Gasteiger partial charge in [-0.2, -0.15) is 0 Å². The van der Waals surface area contributed by atoms with Crippen molar-refractivity contribution in [1.29, 1.82) is 0 Å². The predicted molar refractivity (Wildman–Crippen MR) is 74.0 cm³/mol. The molecular formula is C14H19NO2S. The van der Waals surface area contributed by atoms with E-state index in [2.05, 4.69) is 29.6 Å². The van der Waals surface area contributed by atoms with Crippen LogP contribution in [0.15, 0.2) is 29.2 Å². The van der Waals surface area contributed by atoms with Crippen LogP contribution in [0.5, 0.6) is 0 Å². The summed E-state index contributed by atoms with van der Waals surface area (Å²) in [7, 11) is 0. The van der Waals surface area contributed by atoms with Gasteiger partial charge < -0.3 is 10.1 Å². The smallest absolute Gasteiger partial charge is 0.322 e. The van der Waals surface area contributed by atoms with Crippen molar-refractivity contribution < 1.29 is 9.53 Å². The molecule has 1 aliphatic heterocycles. The van der Waals surface area contributed by atoms with Crippen molar-refractivity contribution in [3.05, 3.63) is 29.8 Å². The first kappa shape index (κ1) is 13.4. The van der Waals surface area contributed by atoms with Crippen molar-refractivity contribution in [2.45, 2.75) is 30.7 Å². The first-order chi connectivity index (χ1) is 8.72. The third kappa shape index (κ3) is 3.06. The second-order valence-corrected chi connectivity index (χ2v) is 5.49. The minimum Gasteiger partial charge on any atom is -0.465 e. The molecular weight excluding hydrogens is 246 g/mol. The van der Waals surface area contributed by atoms with E-state index in [4.69, 9.17) is 4.74 Å². The number of benzene rings is 1.